The van der Waals surface area contributed by atoms with Crippen LogP contribution in [0.2, 0.25) is 0 Å². The van der Waals surface area contributed by atoms with Gasteiger partial charge in [-0.2, -0.15) is 0 Å². The van der Waals surface area contributed by atoms with Crippen molar-refractivity contribution in [2.75, 3.05) is 32.8 Å². The lowest BCUT2D eigenvalue weighted by Gasteiger charge is -2.36. The van der Waals surface area contributed by atoms with Gasteiger partial charge in [0.25, 0.3) is 0 Å². The molecule has 0 radical (unpaired) electrons. The Morgan fingerprint density at radius 2 is 2.30 bits per heavy atom. The summed E-state index contributed by atoms with van der Waals surface area (Å²) >= 11 is 0. The fraction of sp³-hybridized carbons (Fsp3) is 1.00. The molecule has 60 valence electrons. The lowest BCUT2D eigenvalue weighted by Crippen LogP contribution is -2.50. The first-order chi connectivity index (χ1) is 4.88. The Kier molecular flexibility index (Phi) is 3.12. The van der Waals surface area contributed by atoms with Crippen molar-refractivity contribution in [2.45, 2.75) is 13.0 Å². The first kappa shape index (κ1) is 7.98. The van der Waals surface area contributed by atoms with Gasteiger partial charge in [0.2, 0.25) is 0 Å². The third-order valence-corrected chi connectivity index (χ3v) is 1.96. The zero-order chi connectivity index (χ0) is 7.40. The van der Waals surface area contributed by atoms with Gasteiger partial charge >= 0.3 is 0 Å². The Morgan fingerprint density at radius 3 is 2.60 bits per heavy atom. The summed E-state index contributed by atoms with van der Waals surface area (Å²) in [5.74, 6) is 0. The monoisotopic (exact) mass is 144 g/mol. The summed E-state index contributed by atoms with van der Waals surface area (Å²) in [6, 6.07) is 0.647. The number of rotatable bonds is 4. The Hall–Kier alpha value is -0.120. The molecule has 0 saturated carbocycles. The Bertz CT molecular complexity index is 93.6. The molecule has 0 amide bonds. The molecule has 1 fully saturated rings. The average molecular weight is 144 g/mol. The van der Waals surface area contributed by atoms with Crippen LogP contribution in [0.25, 0.3) is 0 Å². The van der Waals surface area contributed by atoms with Crippen molar-refractivity contribution < 1.29 is 4.74 Å². The predicted octanol–water partition coefficient (Wildman–Crippen LogP) is -0.334. The van der Waals surface area contributed by atoms with E-state index in [2.05, 4.69) is 11.8 Å². The second-order valence-electron chi connectivity index (χ2n) is 2.61. The van der Waals surface area contributed by atoms with Gasteiger partial charge in [-0.05, 0) is 6.54 Å². The van der Waals surface area contributed by atoms with Crippen molar-refractivity contribution in [2.24, 2.45) is 5.73 Å². The third kappa shape index (κ3) is 1.68. The molecule has 0 unspecified atom stereocenters. The van der Waals surface area contributed by atoms with Gasteiger partial charge in [0, 0.05) is 13.1 Å². The molecular formula is C7H16N2O. The SMILES string of the molecule is CCN(CCN)C1COC1. The molecule has 0 bridgehead atoms. The standard InChI is InChI=1S/C7H16N2O/c1-2-9(4-3-8)7-5-10-6-7/h7H,2-6,8H2,1H3. The van der Waals surface area contributed by atoms with Gasteiger partial charge in [0.05, 0.1) is 19.3 Å². The molecule has 1 aliphatic rings. The highest BCUT2D eigenvalue weighted by molar-refractivity contribution is 4.76. The summed E-state index contributed by atoms with van der Waals surface area (Å²) in [5.41, 5.74) is 5.44. The van der Waals surface area contributed by atoms with E-state index in [0.29, 0.717) is 6.04 Å². The highest BCUT2D eigenvalue weighted by atomic mass is 16.5. The lowest BCUT2D eigenvalue weighted by molar-refractivity contribution is -0.0621. The first-order valence-electron chi connectivity index (χ1n) is 3.90. The predicted molar refractivity (Wildman–Crippen MR) is 40.9 cm³/mol. The normalized spacial score (nSPS) is 19.5. The molecule has 0 aromatic rings. The van der Waals surface area contributed by atoms with Crippen LogP contribution in [0.3, 0.4) is 0 Å². The van der Waals surface area contributed by atoms with E-state index < -0.39 is 0 Å². The van der Waals surface area contributed by atoms with E-state index in [0.717, 1.165) is 32.8 Å². The fourth-order valence-corrected chi connectivity index (χ4v) is 1.20. The van der Waals surface area contributed by atoms with E-state index in [4.69, 9.17) is 10.5 Å². The minimum absolute atomic E-state index is 0.647. The fourth-order valence-electron chi connectivity index (χ4n) is 1.20. The zero-order valence-electron chi connectivity index (χ0n) is 6.55. The molecule has 0 aliphatic carbocycles. The van der Waals surface area contributed by atoms with Crippen molar-refractivity contribution in [3.8, 4) is 0 Å². The van der Waals surface area contributed by atoms with Crippen molar-refractivity contribution in [1.82, 2.24) is 4.90 Å². The van der Waals surface area contributed by atoms with Gasteiger partial charge in [-0.25, -0.2) is 0 Å². The van der Waals surface area contributed by atoms with Crippen molar-refractivity contribution in [3.63, 3.8) is 0 Å². The Labute approximate surface area is 62.1 Å². The largest absolute Gasteiger partial charge is 0.378 e. The van der Waals surface area contributed by atoms with Crippen LogP contribution in [0.1, 0.15) is 6.92 Å². The maximum absolute atomic E-state index is 5.44. The molecule has 0 aromatic carbocycles. The molecule has 1 saturated heterocycles. The minimum atomic E-state index is 0.647. The van der Waals surface area contributed by atoms with Gasteiger partial charge in [-0.15, -0.1) is 0 Å². The molecule has 2 N–H and O–H groups in total. The van der Waals surface area contributed by atoms with E-state index in [1.54, 1.807) is 0 Å². The van der Waals surface area contributed by atoms with Crippen LogP contribution in [0.4, 0.5) is 0 Å². The molecule has 3 heteroatoms. The van der Waals surface area contributed by atoms with E-state index in [9.17, 15) is 0 Å². The average Bonchev–Trinajstić information content (AvgIpc) is 1.83. The van der Waals surface area contributed by atoms with Crippen LogP contribution in [-0.2, 0) is 4.74 Å². The van der Waals surface area contributed by atoms with Crippen LogP contribution in [0.5, 0.6) is 0 Å². The van der Waals surface area contributed by atoms with Crippen LogP contribution in [-0.4, -0.2) is 43.8 Å². The topological polar surface area (TPSA) is 38.5 Å². The number of hydrogen-bond donors (Lipinski definition) is 1. The molecule has 1 rings (SSSR count). The second-order valence-corrected chi connectivity index (χ2v) is 2.61. The number of hydrogen-bond acceptors (Lipinski definition) is 3. The van der Waals surface area contributed by atoms with E-state index in [-0.39, 0.29) is 0 Å². The number of nitrogens with two attached hydrogens (primary N) is 1. The molecule has 1 aliphatic heterocycles. The summed E-state index contributed by atoms with van der Waals surface area (Å²) in [4.78, 5) is 2.36. The molecular weight excluding hydrogens is 128 g/mol. The lowest BCUT2D eigenvalue weighted by atomic mass is 10.2. The van der Waals surface area contributed by atoms with Crippen molar-refractivity contribution in [1.29, 1.82) is 0 Å². The van der Waals surface area contributed by atoms with Crippen LogP contribution in [0.15, 0.2) is 0 Å². The smallest absolute Gasteiger partial charge is 0.0645 e. The highest BCUT2D eigenvalue weighted by Crippen LogP contribution is 2.08. The molecule has 0 atom stereocenters. The molecule has 10 heavy (non-hydrogen) atoms. The van der Waals surface area contributed by atoms with Gasteiger partial charge < -0.3 is 10.5 Å². The Balaban J connectivity index is 2.17. The summed E-state index contributed by atoms with van der Waals surface area (Å²) in [6.07, 6.45) is 0. The first-order valence-corrected chi connectivity index (χ1v) is 3.90. The van der Waals surface area contributed by atoms with Crippen LogP contribution >= 0.6 is 0 Å². The second kappa shape index (κ2) is 3.91. The van der Waals surface area contributed by atoms with Gasteiger partial charge in [-0.3, -0.25) is 4.90 Å². The summed E-state index contributed by atoms with van der Waals surface area (Å²) < 4.78 is 5.08. The molecule has 0 aromatic heterocycles. The zero-order valence-corrected chi connectivity index (χ0v) is 6.55. The number of nitrogens with zero attached hydrogens (tertiary/aromatic N) is 1. The van der Waals surface area contributed by atoms with E-state index in [1.807, 2.05) is 0 Å². The van der Waals surface area contributed by atoms with Crippen molar-refractivity contribution >= 4 is 0 Å². The van der Waals surface area contributed by atoms with E-state index in [1.165, 1.54) is 0 Å². The Morgan fingerprint density at radius 1 is 1.60 bits per heavy atom. The summed E-state index contributed by atoms with van der Waals surface area (Å²) in [7, 11) is 0. The van der Waals surface area contributed by atoms with Crippen LogP contribution < -0.4 is 5.73 Å². The third-order valence-electron chi connectivity index (χ3n) is 1.96. The summed E-state index contributed by atoms with van der Waals surface area (Å²) in [5, 5.41) is 0. The number of ether oxygens (including phenoxy) is 1. The maximum Gasteiger partial charge on any atom is 0.0645 e. The highest BCUT2D eigenvalue weighted by Gasteiger charge is 2.23. The van der Waals surface area contributed by atoms with Crippen molar-refractivity contribution in [3.05, 3.63) is 0 Å². The maximum atomic E-state index is 5.44. The van der Waals surface area contributed by atoms with E-state index >= 15 is 0 Å². The van der Waals surface area contributed by atoms with Crippen LogP contribution in [0, 0.1) is 0 Å². The quantitative estimate of drug-likeness (QED) is 0.587. The van der Waals surface area contributed by atoms with Gasteiger partial charge in [0.1, 0.15) is 0 Å². The summed E-state index contributed by atoms with van der Waals surface area (Å²) in [6.45, 7) is 6.80. The molecule has 0 spiro atoms. The molecule has 1 heterocycles. The molecule has 3 nitrogen and oxygen atoms in total. The number of likely N-dealkylation sites (N-methyl/N-ethyl adjacent to an activating group) is 1. The minimum Gasteiger partial charge on any atom is -0.378 e. The van der Waals surface area contributed by atoms with Gasteiger partial charge in [-0.1, -0.05) is 6.92 Å². The van der Waals surface area contributed by atoms with Gasteiger partial charge in [0.15, 0.2) is 0 Å².